The van der Waals surface area contributed by atoms with Gasteiger partial charge in [0.1, 0.15) is 0 Å². The van der Waals surface area contributed by atoms with E-state index in [1.54, 1.807) is 24.3 Å². The van der Waals surface area contributed by atoms with Crippen molar-refractivity contribution in [1.29, 1.82) is 0 Å². The Labute approximate surface area is 137 Å². The van der Waals surface area contributed by atoms with E-state index in [9.17, 15) is 13.2 Å². The van der Waals surface area contributed by atoms with Gasteiger partial charge in [0.2, 0.25) is 0 Å². The molecule has 110 valence electrons. The molecule has 0 spiro atoms. The molecule has 0 saturated carbocycles. The number of benzene rings is 2. The van der Waals surface area contributed by atoms with Gasteiger partial charge < -0.3 is 5.32 Å². The number of hydrogen-bond donors (Lipinski definition) is 2. The summed E-state index contributed by atoms with van der Waals surface area (Å²) in [5.41, 5.74) is 1.46. The third-order valence-corrected chi connectivity index (χ3v) is 4.73. The number of carbonyl (C=O) groups is 1. The second-order valence-corrected chi connectivity index (χ2v) is 7.31. The van der Waals surface area contributed by atoms with Crippen molar-refractivity contribution in [3.8, 4) is 0 Å². The number of carbonyl (C=O) groups excluding carboxylic acids is 1. The highest BCUT2D eigenvalue weighted by atomic mass is 127. The third-order valence-electron chi connectivity index (χ3n) is 2.66. The Morgan fingerprint density at radius 1 is 1.00 bits per heavy atom. The first-order valence-electron chi connectivity index (χ1n) is 6.03. The number of rotatable bonds is 3. The summed E-state index contributed by atoms with van der Waals surface area (Å²) in [5.74, 6) is 0. The summed E-state index contributed by atoms with van der Waals surface area (Å²) in [6.45, 7) is 1.85. The molecule has 0 heterocycles. The molecule has 5 nitrogen and oxygen atoms in total. The van der Waals surface area contributed by atoms with E-state index in [-0.39, 0.29) is 4.90 Å². The first-order valence-corrected chi connectivity index (χ1v) is 8.59. The zero-order valence-corrected chi connectivity index (χ0v) is 14.1. The molecule has 0 atom stereocenters. The monoisotopic (exact) mass is 416 g/mol. The molecule has 2 N–H and O–H groups in total. The number of hydrogen-bond acceptors (Lipinski definition) is 3. The van der Waals surface area contributed by atoms with E-state index in [2.05, 4.69) is 27.9 Å². The molecule has 0 unspecified atom stereocenters. The molecule has 0 bridgehead atoms. The van der Waals surface area contributed by atoms with Crippen LogP contribution in [0, 0.1) is 10.5 Å². The molecule has 0 aliphatic carbocycles. The van der Waals surface area contributed by atoms with Gasteiger partial charge in [-0.3, -0.25) is 0 Å². The number of sulfonamides is 1. The van der Waals surface area contributed by atoms with Crippen LogP contribution in [-0.2, 0) is 10.0 Å². The third kappa shape index (κ3) is 4.43. The van der Waals surface area contributed by atoms with E-state index in [4.69, 9.17) is 0 Å². The van der Waals surface area contributed by atoms with Crippen molar-refractivity contribution in [2.24, 2.45) is 0 Å². The van der Waals surface area contributed by atoms with Crippen LogP contribution in [0.4, 0.5) is 10.5 Å². The van der Waals surface area contributed by atoms with E-state index < -0.39 is 16.1 Å². The first kappa shape index (κ1) is 15.8. The minimum atomic E-state index is -3.87. The fourth-order valence-corrected chi connectivity index (χ4v) is 2.86. The highest BCUT2D eigenvalue weighted by molar-refractivity contribution is 14.1. The molecular formula is C14H13IN2O3S. The van der Waals surface area contributed by atoms with Crippen LogP contribution in [0.5, 0.6) is 0 Å². The summed E-state index contributed by atoms with van der Waals surface area (Å²) in [6.07, 6.45) is 0. The Bertz CT molecular complexity index is 741. The minimum absolute atomic E-state index is 0.0471. The van der Waals surface area contributed by atoms with Crippen molar-refractivity contribution in [3.63, 3.8) is 0 Å². The summed E-state index contributed by atoms with van der Waals surface area (Å²) in [5, 5.41) is 2.47. The lowest BCUT2D eigenvalue weighted by Gasteiger charge is -2.09. The highest BCUT2D eigenvalue weighted by Gasteiger charge is 2.17. The largest absolute Gasteiger partial charge is 0.333 e. The van der Waals surface area contributed by atoms with Crippen molar-refractivity contribution >= 4 is 44.3 Å². The van der Waals surface area contributed by atoms with Gasteiger partial charge in [-0.1, -0.05) is 17.7 Å². The predicted molar refractivity (Wildman–Crippen MR) is 89.7 cm³/mol. The standard InChI is InChI=1S/C14H13IN2O3S/c1-10-2-8-13(9-3-10)21(19,20)17-14(18)16-12-6-4-11(15)5-7-12/h2-9H,1H3,(H2,16,17,18). The lowest BCUT2D eigenvalue weighted by molar-refractivity contribution is 0.256. The molecule has 21 heavy (non-hydrogen) atoms. The van der Waals surface area contributed by atoms with Crippen LogP contribution in [0.25, 0.3) is 0 Å². The number of urea groups is 1. The Hall–Kier alpha value is -1.61. The van der Waals surface area contributed by atoms with Crippen LogP contribution in [0.1, 0.15) is 5.56 Å². The minimum Gasteiger partial charge on any atom is -0.307 e. The van der Waals surface area contributed by atoms with Crippen molar-refractivity contribution < 1.29 is 13.2 Å². The van der Waals surface area contributed by atoms with Crippen molar-refractivity contribution in [3.05, 3.63) is 57.7 Å². The van der Waals surface area contributed by atoms with E-state index >= 15 is 0 Å². The van der Waals surface area contributed by atoms with Gasteiger partial charge in [0.15, 0.2) is 0 Å². The maximum atomic E-state index is 12.0. The van der Waals surface area contributed by atoms with E-state index in [0.29, 0.717) is 5.69 Å². The zero-order valence-electron chi connectivity index (χ0n) is 11.1. The summed E-state index contributed by atoms with van der Waals surface area (Å²) in [7, 11) is -3.87. The number of aryl methyl sites for hydroxylation is 1. The van der Waals surface area contributed by atoms with E-state index in [0.717, 1.165) is 9.13 Å². The molecule has 0 saturated heterocycles. The molecule has 0 aromatic heterocycles. The lowest BCUT2D eigenvalue weighted by Crippen LogP contribution is -2.34. The van der Waals surface area contributed by atoms with E-state index in [1.807, 2.05) is 23.8 Å². The number of amides is 2. The van der Waals surface area contributed by atoms with Crippen molar-refractivity contribution in [1.82, 2.24) is 4.72 Å². The van der Waals surface area contributed by atoms with Crippen molar-refractivity contribution in [2.75, 3.05) is 5.32 Å². The molecule has 0 fully saturated rings. The zero-order chi connectivity index (χ0) is 15.5. The van der Waals surface area contributed by atoms with Crippen LogP contribution in [0.3, 0.4) is 0 Å². The van der Waals surface area contributed by atoms with Crippen LogP contribution in [-0.4, -0.2) is 14.4 Å². The molecule has 0 aliphatic heterocycles. The van der Waals surface area contributed by atoms with Gasteiger partial charge in [0.05, 0.1) is 4.90 Å². The number of nitrogens with one attached hydrogen (secondary N) is 2. The highest BCUT2D eigenvalue weighted by Crippen LogP contribution is 2.12. The van der Waals surface area contributed by atoms with E-state index in [1.165, 1.54) is 12.1 Å². The Kier molecular flexibility index (Phi) is 4.84. The van der Waals surface area contributed by atoms with Gasteiger partial charge in [0, 0.05) is 9.26 Å². The SMILES string of the molecule is Cc1ccc(S(=O)(=O)NC(=O)Nc2ccc(I)cc2)cc1. The average molecular weight is 416 g/mol. The second kappa shape index (κ2) is 6.44. The predicted octanol–water partition coefficient (Wildman–Crippen LogP) is 3.11. The normalized spacial score (nSPS) is 11.0. The fourth-order valence-electron chi connectivity index (χ4n) is 1.59. The molecule has 2 aromatic rings. The van der Waals surface area contributed by atoms with Gasteiger partial charge in [0.25, 0.3) is 10.0 Å². The summed E-state index contributed by atoms with van der Waals surface area (Å²) < 4.78 is 27.0. The molecule has 2 rings (SSSR count). The molecule has 2 amide bonds. The smallest absolute Gasteiger partial charge is 0.307 e. The van der Waals surface area contributed by atoms with Gasteiger partial charge in [-0.25, -0.2) is 17.9 Å². The number of halogens is 1. The molecule has 0 aliphatic rings. The van der Waals surface area contributed by atoms with Crippen LogP contribution in [0.2, 0.25) is 0 Å². The van der Waals surface area contributed by atoms with Crippen LogP contribution >= 0.6 is 22.6 Å². The Morgan fingerprint density at radius 3 is 2.14 bits per heavy atom. The average Bonchev–Trinajstić information content (AvgIpc) is 2.41. The molecule has 7 heteroatoms. The second-order valence-electron chi connectivity index (χ2n) is 4.38. The maximum Gasteiger partial charge on any atom is 0.333 e. The van der Waals surface area contributed by atoms with Gasteiger partial charge in [-0.05, 0) is 65.9 Å². The van der Waals surface area contributed by atoms with Gasteiger partial charge >= 0.3 is 6.03 Å². The first-order chi connectivity index (χ1) is 9.87. The van der Waals surface area contributed by atoms with Crippen LogP contribution in [0.15, 0.2) is 53.4 Å². The number of anilines is 1. The molecule has 0 radical (unpaired) electrons. The summed E-state index contributed by atoms with van der Waals surface area (Å²) in [4.78, 5) is 11.8. The Morgan fingerprint density at radius 2 is 1.57 bits per heavy atom. The molecular weight excluding hydrogens is 403 g/mol. The topological polar surface area (TPSA) is 75.3 Å². The summed E-state index contributed by atoms with van der Waals surface area (Å²) >= 11 is 2.14. The van der Waals surface area contributed by atoms with Crippen molar-refractivity contribution in [2.45, 2.75) is 11.8 Å². The molecule has 2 aromatic carbocycles. The fraction of sp³-hybridized carbons (Fsp3) is 0.0714. The van der Waals surface area contributed by atoms with Crippen LogP contribution < -0.4 is 10.0 Å². The van der Waals surface area contributed by atoms with Gasteiger partial charge in [-0.2, -0.15) is 0 Å². The quantitative estimate of drug-likeness (QED) is 0.756. The maximum absolute atomic E-state index is 12.0. The Balaban J connectivity index is 2.07. The summed E-state index contributed by atoms with van der Waals surface area (Å²) in [6, 6.07) is 12.5. The van der Waals surface area contributed by atoms with Gasteiger partial charge in [-0.15, -0.1) is 0 Å². The lowest BCUT2D eigenvalue weighted by atomic mass is 10.2.